The van der Waals surface area contributed by atoms with Gasteiger partial charge < -0.3 is 4.74 Å². The van der Waals surface area contributed by atoms with E-state index in [9.17, 15) is 9.59 Å². The molecule has 6 nitrogen and oxygen atoms in total. The smallest absolute Gasteiger partial charge is 0.282 e. The summed E-state index contributed by atoms with van der Waals surface area (Å²) < 4.78 is 6.69. The summed E-state index contributed by atoms with van der Waals surface area (Å²) in [6.07, 6.45) is 0. The SMILES string of the molecule is Cc1[nH]n(-c2ccccc2)c(=O)c1C(=O)CN1CCOCC1. The first-order chi connectivity index (χ1) is 10.7. The van der Waals surface area contributed by atoms with E-state index in [4.69, 9.17) is 4.74 Å². The van der Waals surface area contributed by atoms with Crippen molar-refractivity contribution in [2.45, 2.75) is 6.92 Å². The number of aromatic amines is 1. The molecule has 0 saturated carbocycles. The first-order valence-corrected chi connectivity index (χ1v) is 7.37. The number of aromatic nitrogens is 2. The van der Waals surface area contributed by atoms with Crippen molar-refractivity contribution < 1.29 is 9.53 Å². The first kappa shape index (κ1) is 14.7. The number of morpholine rings is 1. The average Bonchev–Trinajstić information content (AvgIpc) is 2.84. The van der Waals surface area contributed by atoms with E-state index in [0.717, 1.165) is 18.8 Å². The van der Waals surface area contributed by atoms with Crippen LogP contribution >= 0.6 is 0 Å². The number of H-pyrrole nitrogens is 1. The summed E-state index contributed by atoms with van der Waals surface area (Å²) in [7, 11) is 0. The van der Waals surface area contributed by atoms with Gasteiger partial charge in [-0.3, -0.25) is 19.6 Å². The normalized spacial score (nSPS) is 15.9. The maximum Gasteiger partial charge on any atom is 0.282 e. The second kappa shape index (κ2) is 6.29. The number of Topliss-reactive ketones (excluding diaryl/α,β-unsaturated/α-hetero) is 1. The van der Waals surface area contributed by atoms with Crippen molar-refractivity contribution >= 4 is 5.78 Å². The van der Waals surface area contributed by atoms with Gasteiger partial charge in [0.25, 0.3) is 5.56 Å². The second-order valence-corrected chi connectivity index (χ2v) is 5.40. The third-order valence-electron chi connectivity index (χ3n) is 3.84. The van der Waals surface area contributed by atoms with Crippen LogP contribution < -0.4 is 5.56 Å². The van der Waals surface area contributed by atoms with Crippen LogP contribution in [0, 0.1) is 6.92 Å². The predicted octanol–water partition coefficient (Wildman–Crippen LogP) is 0.989. The lowest BCUT2D eigenvalue weighted by molar-refractivity contribution is 0.0371. The van der Waals surface area contributed by atoms with Gasteiger partial charge in [-0.05, 0) is 19.1 Å². The zero-order chi connectivity index (χ0) is 15.5. The molecule has 2 heterocycles. The van der Waals surface area contributed by atoms with E-state index in [2.05, 4.69) is 5.10 Å². The van der Waals surface area contributed by atoms with Crippen LogP contribution in [0.15, 0.2) is 35.1 Å². The molecule has 0 radical (unpaired) electrons. The minimum absolute atomic E-state index is 0.143. The van der Waals surface area contributed by atoms with Gasteiger partial charge in [-0.1, -0.05) is 18.2 Å². The van der Waals surface area contributed by atoms with Crippen LogP contribution in [0.5, 0.6) is 0 Å². The number of hydrogen-bond donors (Lipinski definition) is 1. The van der Waals surface area contributed by atoms with Gasteiger partial charge in [-0.2, -0.15) is 0 Å². The highest BCUT2D eigenvalue weighted by Gasteiger charge is 2.22. The molecule has 0 aliphatic carbocycles. The number of ketones is 1. The van der Waals surface area contributed by atoms with Gasteiger partial charge in [0.05, 0.1) is 25.4 Å². The van der Waals surface area contributed by atoms with E-state index in [-0.39, 0.29) is 23.5 Å². The fraction of sp³-hybridized carbons (Fsp3) is 0.375. The van der Waals surface area contributed by atoms with Gasteiger partial charge in [0.2, 0.25) is 0 Å². The van der Waals surface area contributed by atoms with Gasteiger partial charge in [0.1, 0.15) is 5.56 Å². The van der Waals surface area contributed by atoms with Crippen LogP contribution in [-0.4, -0.2) is 53.3 Å². The summed E-state index contributed by atoms with van der Waals surface area (Å²) in [5.74, 6) is -0.143. The van der Waals surface area contributed by atoms with E-state index in [1.165, 1.54) is 4.68 Å². The van der Waals surface area contributed by atoms with Crippen molar-refractivity contribution in [3.8, 4) is 5.69 Å². The average molecular weight is 301 g/mol. The molecule has 0 atom stereocenters. The molecule has 1 N–H and O–H groups in total. The van der Waals surface area contributed by atoms with Crippen LogP contribution in [-0.2, 0) is 4.74 Å². The Hall–Kier alpha value is -2.18. The van der Waals surface area contributed by atoms with Crippen LogP contribution in [0.25, 0.3) is 5.69 Å². The number of ether oxygens (including phenoxy) is 1. The minimum Gasteiger partial charge on any atom is -0.379 e. The Morgan fingerprint density at radius 1 is 1.23 bits per heavy atom. The van der Waals surface area contributed by atoms with Gasteiger partial charge >= 0.3 is 0 Å². The van der Waals surface area contributed by atoms with E-state index in [1.54, 1.807) is 6.92 Å². The first-order valence-electron chi connectivity index (χ1n) is 7.37. The van der Waals surface area contributed by atoms with Gasteiger partial charge in [0, 0.05) is 18.8 Å². The number of benzene rings is 1. The second-order valence-electron chi connectivity index (χ2n) is 5.40. The molecule has 1 aliphatic rings. The van der Waals surface area contributed by atoms with Gasteiger partial charge in [-0.15, -0.1) is 0 Å². The predicted molar refractivity (Wildman–Crippen MR) is 82.7 cm³/mol. The Bertz CT molecular complexity index is 712. The zero-order valence-corrected chi connectivity index (χ0v) is 12.5. The van der Waals surface area contributed by atoms with Crippen LogP contribution in [0.4, 0.5) is 0 Å². The van der Waals surface area contributed by atoms with Crippen molar-refractivity contribution in [3.05, 3.63) is 51.9 Å². The molecule has 0 bridgehead atoms. The molecule has 2 aromatic rings. The number of nitrogens with zero attached hydrogens (tertiary/aromatic N) is 2. The Labute approximate surface area is 128 Å². The summed E-state index contributed by atoms with van der Waals surface area (Å²) in [4.78, 5) is 27.0. The number of carbonyl (C=O) groups is 1. The molecule has 1 aromatic heterocycles. The third kappa shape index (κ3) is 2.88. The fourth-order valence-electron chi connectivity index (χ4n) is 2.68. The maximum atomic E-state index is 12.5. The monoisotopic (exact) mass is 301 g/mol. The molecule has 1 fully saturated rings. The number of hydrogen-bond acceptors (Lipinski definition) is 4. The molecule has 1 aliphatic heterocycles. The molecule has 1 saturated heterocycles. The van der Waals surface area contributed by atoms with Crippen LogP contribution in [0.2, 0.25) is 0 Å². The van der Waals surface area contributed by atoms with Crippen LogP contribution in [0.3, 0.4) is 0 Å². The quantitative estimate of drug-likeness (QED) is 0.855. The van der Waals surface area contributed by atoms with Crippen molar-refractivity contribution in [2.75, 3.05) is 32.8 Å². The van der Waals surface area contributed by atoms with Crippen molar-refractivity contribution in [1.29, 1.82) is 0 Å². The summed E-state index contributed by atoms with van der Waals surface area (Å²) >= 11 is 0. The van der Waals surface area contributed by atoms with E-state index < -0.39 is 0 Å². The summed E-state index contributed by atoms with van der Waals surface area (Å²) in [6.45, 7) is 4.73. The number of carbonyl (C=O) groups excluding carboxylic acids is 1. The molecule has 6 heteroatoms. The molecule has 116 valence electrons. The highest BCUT2D eigenvalue weighted by molar-refractivity contribution is 5.98. The topological polar surface area (TPSA) is 67.3 Å². The Kier molecular flexibility index (Phi) is 4.22. The largest absolute Gasteiger partial charge is 0.379 e. The summed E-state index contributed by atoms with van der Waals surface area (Å²) in [5.41, 5.74) is 1.28. The number of aryl methyl sites for hydroxylation is 1. The minimum atomic E-state index is -0.290. The molecular formula is C16H19N3O3. The van der Waals surface area contributed by atoms with Gasteiger partial charge in [-0.25, -0.2) is 4.68 Å². The molecule has 0 amide bonds. The van der Waals surface area contributed by atoms with E-state index in [0.29, 0.717) is 18.9 Å². The lowest BCUT2D eigenvalue weighted by Crippen LogP contribution is -2.40. The standard InChI is InChI=1S/C16H19N3O3/c1-12-15(14(20)11-18-7-9-22-10-8-18)16(21)19(17-12)13-5-3-2-4-6-13/h2-6,17H,7-11H2,1H3. The molecule has 22 heavy (non-hydrogen) atoms. The maximum absolute atomic E-state index is 12.5. The number of nitrogens with one attached hydrogen (secondary N) is 1. The van der Waals surface area contributed by atoms with Crippen molar-refractivity contribution in [3.63, 3.8) is 0 Å². The Morgan fingerprint density at radius 3 is 2.59 bits per heavy atom. The zero-order valence-electron chi connectivity index (χ0n) is 12.5. The van der Waals surface area contributed by atoms with Crippen LogP contribution in [0.1, 0.15) is 16.1 Å². The van der Waals surface area contributed by atoms with E-state index >= 15 is 0 Å². The highest BCUT2D eigenvalue weighted by atomic mass is 16.5. The molecule has 3 rings (SSSR count). The molecule has 0 unspecified atom stereocenters. The molecule has 1 aromatic carbocycles. The Morgan fingerprint density at radius 2 is 1.91 bits per heavy atom. The van der Waals surface area contributed by atoms with Gasteiger partial charge in [0.15, 0.2) is 5.78 Å². The Balaban J connectivity index is 1.86. The lowest BCUT2D eigenvalue weighted by Gasteiger charge is -2.25. The summed E-state index contributed by atoms with van der Waals surface area (Å²) in [5, 5.41) is 2.99. The van der Waals surface area contributed by atoms with Crippen molar-refractivity contribution in [1.82, 2.24) is 14.7 Å². The number of para-hydroxylation sites is 1. The summed E-state index contributed by atoms with van der Waals surface area (Å²) in [6, 6.07) is 9.25. The van der Waals surface area contributed by atoms with E-state index in [1.807, 2.05) is 35.2 Å². The third-order valence-corrected chi connectivity index (χ3v) is 3.84. The number of rotatable bonds is 4. The van der Waals surface area contributed by atoms with Crippen molar-refractivity contribution in [2.24, 2.45) is 0 Å². The highest BCUT2D eigenvalue weighted by Crippen LogP contribution is 2.08. The lowest BCUT2D eigenvalue weighted by atomic mass is 10.1. The molecule has 0 spiro atoms. The molecular weight excluding hydrogens is 282 g/mol. The fourth-order valence-corrected chi connectivity index (χ4v) is 2.68.